The largest absolute Gasteiger partial charge is 0.450 e. The lowest BCUT2D eigenvalue weighted by Crippen LogP contribution is -2.37. The number of furan rings is 1. The Morgan fingerprint density at radius 2 is 1.96 bits per heavy atom. The van der Waals surface area contributed by atoms with Crippen molar-refractivity contribution in [3.05, 3.63) is 52.3 Å². The second kappa shape index (κ2) is 7.38. The topological polar surface area (TPSA) is 112 Å². The molecule has 26 heavy (non-hydrogen) atoms. The first-order chi connectivity index (χ1) is 12.4. The molecule has 0 radical (unpaired) electrons. The molecule has 1 aromatic heterocycles. The Kier molecular flexibility index (Phi) is 5.01. The summed E-state index contributed by atoms with van der Waals surface area (Å²) in [6, 6.07) is 8.83. The lowest BCUT2D eigenvalue weighted by molar-refractivity contribution is -0.384. The summed E-state index contributed by atoms with van der Waals surface area (Å²) in [4.78, 5) is 33.9. The minimum atomic E-state index is -0.743. The molecule has 1 heterocycles. The van der Waals surface area contributed by atoms with Crippen LogP contribution in [0.4, 0.5) is 5.69 Å². The van der Waals surface area contributed by atoms with Gasteiger partial charge in [-0.05, 0) is 49.9 Å². The van der Waals surface area contributed by atoms with Crippen LogP contribution in [0.15, 0.2) is 40.8 Å². The molecule has 1 N–H and O–H groups in total. The van der Waals surface area contributed by atoms with Gasteiger partial charge in [0.2, 0.25) is 5.76 Å². The monoisotopic (exact) mass is 358 g/mol. The standard InChI is InChI=1S/C18H18N2O6/c1-11(12-2-3-12)19-17(21)10-25-18(22)16-9-8-15(26-16)13-4-6-14(7-5-13)20(23)24/h4-9,11-12H,2-3,10H2,1H3,(H,19,21)/t11-/m0/s1. The zero-order valence-electron chi connectivity index (χ0n) is 14.1. The van der Waals surface area contributed by atoms with E-state index in [1.54, 1.807) is 6.07 Å². The van der Waals surface area contributed by atoms with Crippen LogP contribution in [0.2, 0.25) is 0 Å². The van der Waals surface area contributed by atoms with Gasteiger partial charge in [-0.3, -0.25) is 14.9 Å². The number of nitrogens with zero attached hydrogens (tertiary/aromatic N) is 1. The summed E-state index contributed by atoms with van der Waals surface area (Å²) < 4.78 is 10.4. The predicted octanol–water partition coefficient (Wildman–Crippen LogP) is 2.93. The van der Waals surface area contributed by atoms with E-state index < -0.39 is 10.9 Å². The fourth-order valence-corrected chi connectivity index (χ4v) is 2.56. The normalized spacial score (nSPS) is 14.5. The summed E-state index contributed by atoms with van der Waals surface area (Å²) in [5.41, 5.74) is 0.553. The van der Waals surface area contributed by atoms with Crippen LogP contribution in [-0.2, 0) is 9.53 Å². The van der Waals surface area contributed by atoms with Crippen LogP contribution in [-0.4, -0.2) is 29.4 Å². The molecule has 1 saturated carbocycles. The van der Waals surface area contributed by atoms with Gasteiger partial charge >= 0.3 is 5.97 Å². The lowest BCUT2D eigenvalue weighted by atomic mass is 10.1. The fraction of sp³-hybridized carbons (Fsp3) is 0.333. The maximum atomic E-state index is 12.0. The number of benzene rings is 1. The van der Waals surface area contributed by atoms with Gasteiger partial charge in [-0.2, -0.15) is 0 Å². The van der Waals surface area contributed by atoms with Crippen molar-refractivity contribution in [2.45, 2.75) is 25.8 Å². The van der Waals surface area contributed by atoms with Crippen molar-refractivity contribution < 1.29 is 23.7 Å². The zero-order chi connectivity index (χ0) is 18.7. The quantitative estimate of drug-likeness (QED) is 0.463. The Bertz CT molecular complexity index is 822. The molecule has 0 bridgehead atoms. The SMILES string of the molecule is C[C@H](NC(=O)COC(=O)c1ccc(-c2ccc([N+](=O)[O-])cc2)o1)C1CC1. The maximum absolute atomic E-state index is 12.0. The Hall–Kier alpha value is -3.16. The summed E-state index contributed by atoms with van der Waals surface area (Å²) in [7, 11) is 0. The zero-order valence-corrected chi connectivity index (χ0v) is 14.1. The van der Waals surface area contributed by atoms with Gasteiger partial charge in [0, 0.05) is 23.7 Å². The highest BCUT2D eigenvalue weighted by molar-refractivity contribution is 5.89. The van der Waals surface area contributed by atoms with Gasteiger partial charge in [0.1, 0.15) is 5.76 Å². The molecule has 1 atom stereocenters. The van der Waals surface area contributed by atoms with Crippen molar-refractivity contribution in [3.8, 4) is 11.3 Å². The average Bonchev–Trinajstić information content (AvgIpc) is 3.37. The second-order valence-electron chi connectivity index (χ2n) is 6.24. The van der Waals surface area contributed by atoms with Crippen molar-refractivity contribution in [1.29, 1.82) is 0 Å². The van der Waals surface area contributed by atoms with Gasteiger partial charge in [-0.25, -0.2) is 4.79 Å². The van der Waals surface area contributed by atoms with Gasteiger partial charge in [-0.1, -0.05) is 0 Å². The molecular formula is C18H18N2O6. The summed E-state index contributed by atoms with van der Waals surface area (Å²) in [5, 5.41) is 13.5. The molecule has 2 aromatic rings. The van der Waals surface area contributed by atoms with E-state index in [2.05, 4.69) is 5.32 Å². The van der Waals surface area contributed by atoms with Crippen LogP contribution in [0.3, 0.4) is 0 Å². The van der Waals surface area contributed by atoms with Crippen LogP contribution in [0, 0.1) is 16.0 Å². The molecule has 1 aliphatic rings. The third-order valence-corrected chi connectivity index (χ3v) is 4.22. The third kappa shape index (κ3) is 4.27. The minimum Gasteiger partial charge on any atom is -0.450 e. The highest BCUT2D eigenvalue weighted by Gasteiger charge is 2.29. The summed E-state index contributed by atoms with van der Waals surface area (Å²) in [6.45, 7) is 1.56. The minimum absolute atomic E-state index is 0.0358. The van der Waals surface area contributed by atoms with Gasteiger partial charge < -0.3 is 14.5 Å². The third-order valence-electron chi connectivity index (χ3n) is 4.22. The molecule has 0 spiro atoms. The smallest absolute Gasteiger partial charge is 0.374 e. The number of carbonyl (C=O) groups is 2. The van der Waals surface area contributed by atoms with E-state index in [-0.39, 0.29) is 30.0 Å². The van der Waals surface area contributed by atoms with E-state index in [9.17, 15) is 19.7 Å². The molecule has 8 heteroatoms. The Morgan fingerprint density at radius 3 is 2.58 bits per heavy atom. The molecule has 136 valence electrons. The molecule has 1 fully saturated rings. The Labute approximate surface area is 149 Å². The highest BCUT2D eigenvalue weighted by Crippen LogP contribution is 2.32. The summed E-state index contributed by atoms with van der Waals surface area (Å²) >= 11 is 0. The molecule has 3 rings (SSSR count). The van der Waals surface area contributed by atoms with Crippen LogP contribution in [0.5, 0.6) is 0 Å². The van der Waals surface area contributed by atoms with Crippen LogP contribution in [0.1, 0.15) is 30.3 Å². The first-order valence-corrected chi connectivity index (χ1v) is 8.25. The van der Waals surface area contributed by atoms with Crippen molar-refractivity contribution >= 4 is 17.6 Å². The number of carbonyl (C=O) groups excluding carboxylic acids is 2. The van der Waals surface area contributed by atoms with E-state index >= 15 is 0 Å². The number of hydrogen-bond acceptors (Lipinski definition) is 6. The average molecular weight is 358 g/mol. The van der Waals surface area contributed by atoms with Crippen LogP contribution >= 0.6 is 0 Å². The maximum Gasteiger partial charge on any atom is 0.374 e. The first kappa shape index (κ1) is 17.7. The summed E-state index contributed by atoms with van der Waals surface area (Å²) in [6.07, 6.45) is 2.22. The number of nitro groups is 1. The number of nitrogens with one attached hydrogen (secondary N) is 1. The van der Waals surface area contributed by atoms with E-state index in [1.807, 2.05) is 6.92 Å². The lowest BCUT2D eigenvalue weighted by Gasteiger charge is -2.12. The molecule has 1 aliphatic carbocycles. The van der Waals surface area contributed by atoms with Gasteiger partial charge in [0.15, 0.2) is 6.61 Å². The van der Waals surface area contributed by atoms with E-state index in [0.29, 0.717) is 17.2 Å². The second-order valence-corrected chi connectivity index (χ2v) is 6.24. The fourth-order valence-electron chi connectivity index (χ4n) is 2.56. The molecule has 0 saturated heterocycles. The molecule has 1 aromatic carbocycles. The Balaban J connectivity index is 1.55. The number of hydrogen-bond donors (Lipinski definition) is 1. The summed E-state index contributed by atoms with van der Waals surface area (Å²) in [5.74, 6) is -0.240. The van der Waals surface area contributed by atoms with Crippen molar-refractivity contribution in [2.24, 2.45) is 5.92 Å². The van der Waals surface area contributed by atoms with Crippen LogP contribution < -0.4 is 5.32 Å². The number of amides is 1. The van der Waals surface area contributed by atoms with E-state index in [0.717, 1.165) is 12.8 Å². The van der Waals surface area contributed by atoms with Gasteiger partial charge in [0.25, 0.3) is 11.6 Å². The number of non-ortho nitro benzene ring substituents is 1. The molecular weight excluding hydrogens is 340 g/mol. The van der Waals surface area contributed by atoms with E-state index in [1.165, 1.54) is 30.3 Å². The molecule has 8 nitrogen and oxygen atoms in total. The van der Waals surface area contributed by atoms with Gasteiger partial charge in [0.05, 0.1) is 4.92 Å². The highest BCUT2D eigenvalue weighted by atomic mass is 16.6. The van der Waals surface area contributed by atoms with Crippen molar-refractivity contribution in [2.75, 3.05) is 6.61 Å². The first-order valence-electron chi connectivity index (χ1n) is 8.25. The molecule has 0 unspecified atom stereocenters. The van der Waals surface area contributed by atoms with Crippen LogP contribution in [0.25, 0.3) is 11.3 Å². The number of nitro benzene ring substituents is 1. The number of esters is 1. The number of ether oxygens (including phenoxy) is 1. The molecule has 1 amide bonds. The van der Waals surface area contributed by atoms with E-state index in [4.69, 9.17) is 9.15 Å². The van der Waals surface area contributed by atoms with Crippen molar-refractivity contribution in [1.82, 2.24) is 5.32 Å². The van der Waals surface area contributed by atoms with Gasteiger partial charge in [-0.15, -0.1) is 0 Å². The number of rotatable bonds is 7. The van der Waals surface area contributed by atoms with Crippen molar-refractivity contribution in [3.63, 3.8) is 0 Å². The Morgan fingerprint density at radius 1 is 1.27 bits per heavy atom. The molecule has 0 aliphatic heterocycles. The predicted molar refractivity (Wildman–Crippen MR) is 91.4 cm³/mol.